The van der Waals surface area contributed by atoms with Crippen LogP contribution in [-0.2, 0) is 40.2 Å². The molecule has 2 heteroatoms. The van der Waals surface area contributed by atoms with E-state index in [0.717, 1.165) is 0 Å². The van der Waals surface area contributed by atoms with Gasteiger partial charge in [0.25, 0.3) is 0 Å². The molecule has 0 heterocycles. The molecule has 0 saturated heterocycles. The van der Waals surface area contributed by atoms with Gasteiger partial charge in [-0.15, -0.1) is 0 Å². The molecule has 0 atom stereocenters. The first-order valence-corrected chi connectivity index (χ1v) is 3.30. The smallest absolute Gasteiger partial charge is 0 e. The van der Waals surface area contributed by atoms with Crippen LogP contribution in [0.2, 0.25) is 0 Å². The topological polar surface area (TPSA) is 0 Å². The van der Waals surface area contributed by atoms with Crippen molar-refractivity contribution in [1.82, 2.24) is 0 Å². The summed E-state index contributed by atoms with van der Waals surface area (Å²) in [7, 11) is 0. The van der Waals surface area contributed by atoms with Crippen molar-refractivity contribution in [2.45, 2.75) is 25.7 Å². The maximum atomic E-state index is 2.27. The summed E-state index contributed by atoms with van der Waals surface area (Å²) in [4.78, 5) is 0. The van der Waals surface area contributed by atoms with Crippen LogP contribution in [0.1, 0.15) is 25.7 Å². The minimum Gasteiger partial charge on any atom is -0.0882 e. The van der Waals surface area contributed by atoms with E-state index in [0.29, 0.717) is 0 Å². The molecule has 10 heavy (non-hydrogen) atoms. The van der Waals surface area contributed by atoms with Crippen LogP contribution in [0.5, 0.6) is 0 Å². The van der Waals surface area contributed by atoms with E-state index in [1.165, 1.54) is 25.7 Å². The molecule has 2 radical (unpaired) electrons. The monoisotopic (exact) mass is 494 g/mol. The van der Waals surface area contributed by atoms with Gasteiger partial charge in [-0.1, -0.05) is 24.3 Å². The van der Waals surface area contributed by atoms with E-state index in [4.69, 9.17) is 0 Å². The molecule has 0 unspecified atom stereocenters. The Kier molecular flexibility index (Phi) is 13.1. The van der Waals surface area contributed by atoms with Gasteiger partial charge in [-0.2, -0.15) is 0 Å². The molecule has 0 aromatic rings. The van der Waals surface area contributed by atoms with Crippen LogP contribution in [0.15, 0.2) is 24.3 Å². The molecule has 1 rings (SSSR count). The molecule has 0 spiro atoms. The first kappa shape index (κ1) is 13.4. The van der Waals surface area contributed by atoms with Gasteiger partial charge in [0.2, 0.25) is 0 Å². The van der Waals surface area contributed by atoms with Crippen LogP contribution in [0.4, 0.5) is 0 Å². The van der Waals surface area contributed by atoms with E-state index in [2.05, 4.69) is 24.3 Å². The van der Waals surface area contributed by atoms with E-state index in [-0.39, 0.29) is 40.2 Å². The Morgan fingerprint density at radius 1 is 0.500 bits per heavy atom. The van der Waals surface area contributed by atoms with Crippen LogP contribution in [0.25, 0.3) is 0 Å². The maximum Gasteiger partial charge on any atom is 0 e. The van der Waals surface area contributed by atoms with E-state index >= 15 is 0 Å². The predicted molar refractivity (Wildman–Crippen MR) is 36.7 cm³/mol. The molecule has 0 bridgehead atoms. The molecule has 0 amide bonds. The number of hydrogen-bond acceptors (Lipinski definition) is 0. The van der Waals surface area contributed by atoms with Gasteiger partial charge in [-0.05, 0) is 25.7 Å². The fourth-order valence-corrected chi connectivity index (χ4v) is 0.856. The molecule has 1 aliphatic carbocycles. The standard InChI is InChI=1S/C8H12.2Ir/c1-2-4-6-8-7-5-3-1;;/h1-2,7-8H,3-6H2;;/b2-1-,8-7?;;. The zero-order valence-corrected chi connectivity index (χ0v) is 10.6. The second kappa shape index (κ2) is 9.78. The van der Waals surface area contributed by atoms with E-state index in [1.54, 1.807) is 0 Å². The minimum absolute atomic E-state index is 0. The second-order valence-electron chi connectivity index (χ2n) is 2.10. The summed E-state index contributed by atoms with van der Waals surface area (Å²) in [5.74, 6) is 0. The summed E-state index contributed by atoms with van der Waals surface area (Å²) in [5.41, 5.74) is 0. The Hall–Kier alpha value is 0.779. The zero-order valence-electron chi connectivity index (χ0n) is 5.80. The first-order valence-electron chi connectivity index (χ1n) is 3.30. The molecule has 0 aromatic heterocycles. The van der Waals surface area contributed by atoms with Gasteiger partial charge in [0, 0.05) is 40.2 Å². The van der Waals surface area contributed by atoms with Gasteiger partial charge in [0.15, 0.2) is 0 Å². The van der Waals surface area contributed by atoms with Crippen molar-refractivity contribution in [2.75, 3.05) is 0 Å². The van der Waals surface area contributed by atoms with Crippen LogP contribution in [0, 0.1) is 0 Å². The largest absolute Gasteiger partial charge is 0.0882 e. The molecule has 0 aliphatic heterocycles. The fourth-order valence-electron chi connectivity index (χ4n) is 0.856. The molecular weight excluding hydrogens is 481 g/mol. The third kappa shape index (κ3) is 6.89. The molecule has 0 nitrogen and oxygen atoms in total. The molecule has 0 fully saturated rings. The van der Waals surface area contributed by atoms with Gasteiger partial charge in [-0.3, -0.25) is 0 Å². The summed E-state index contributed by atoms with van der Waals surface area (Å²) in [6.07, 6.45) is 14.0. The predicted octanol–water partition coefficient (Wildman–Crippen LogP) is 2.67. The SMILES string of the molecule is C1=CCC/C=C\CC1.[Ir].[Ir]. The van der Waals surface area contributed by atoms with E-state index in [1.807, 2.05) is 0 Å². The summed E-state index contributed by atoms with van der Waals surface area (Å²) >= 11 is 0. The summed E-state index contributed by atoms with van der Waals surface area (Å²) in [6.45, 7) is 0. The maximum absolute atomic E-state index is 2.27. The number of rotatable bonds is 0. The van der Waals surface area contributed by atoms with Crippen molar-refractivity contribution in [2.24, 2.45) is 0 Å². The Balaban J connectivity index is 0. The average Bonchev–Trinajstić information content (AvgIpc) is 1.62. The molecule has 0 saturated carbocycles. The molecule has 0 N–H and O–H groups in total. The van der Waals surface area contributed by atoms with Crippen molar-refractivity contribution in [3.05, 3.63) is 24.3 Å². The van der Waals surface area contributed by atoms with Crippen molar-refractivity contribution < 1.29 is 40.2 Å². The summed E-state index contributed by atoms with van der Waals surface area (Å²) in [6, 6.07) is 0. The molecular formula is C8H12Ir2. The van der Waals surface area contributed by atoms with Crippen molar-refractivity contribution >= 4 is 0 Å². The Labute approximate surface area is 89.9 Å². The number of allylic oxidation sites excluding steroid dienone is 4. The normalized spacial score (nSPS) is 19.2. The molecule has 62 valence electrons. The minimum atomic E-state index is 0. The van der Waals surface area contributed by atoms with Crippen molar-refractivity contribution in [3.63, 3.8) is 0 Å². The van der Waals surface area contributed by atoms with Crippen LogP contribution >= 0.6 is 0 Å². The first-order chi connectivity index (χ1) is 4.00. The van der Waals surface area contributed by atoms with Gasteiger partial charge in [0.1, 0.15) is 0 Å². The van der Waals surface area contributed by atoms with Crippen molar-refractivity contribution in [3.8, 4) is 0 Å². The Bertz CT molecular complexity index is 79.8. The average molecular weight is 493 g/mol. The van der Waals surface area contributed by atoms with Gasteiger partial charge >= 0.3 is 0 Å². The van der Waals surface area contributed by atoms with E-state index < -0.39 is 0 Å². The van der Waals surface area contributed by atoms with Gasteiger partial charge in [0.05, 0.1) is 0 Å². The van der Waals surface area contributed by atoms with Crippen molar-refractivity contribution in [1.29, 1.82) is 0 Å². The second-order valence-corrected chi connectivity index (χ2v) is 2.10. The van der Waals surface area contributed by atoms with Crippen LogP contribution in [-0.4, -0.2) is 0 Å². The van der Waals surface area contributed by atoms with Crippen LogP contribution in [0.3, 0.4) is 0 Å². The molecule has 0 aromatic carbocycles. The Morgan fingerprint density at radius 2 is 0.700 bits per heavy atom. The fraction of sp³-hybridized carbons (Fsp3) is 0.500. The third-order valence-electron chi connectivity index (χ3n) is 1.33. The third-order valence-corrected chi connectivity index (χ3v) is 1.33. The zero-order chi connectivity index (χ0) is 5.66. The van der Waals surface area contributed by atoms with Gasteiger partial charge < -0.3 is 0 Å². The van der Waals surface area contributed by atoms with Crippen LogP contribution < -0.4 is 0 Å². The summed E-state index contributed by atoms with van der Waals surface area (Å²) < 4.78 is 0. The van der Waals surface area contributed by atoms with Gasteiger partial charge in [-0.25, -0.2) is 0 Å². The molecule has 1 aliphatic rings. The quantitative estimate of drug-likeness (QED) is 0.457. The number of hydrogen-bond donors (Lipinski definition) is 0. The summed E-state index contributed by atoms with van der Waals surface area (Å²) in [5, 5.41) is 0. The Morgan fingerprint density at radius 3 is 0.900 bits per heavy atom. The van der Waals surface area contributed by atoms with E-state index in [9.17, 15) is 0 Å².